The number of nitrogens with one attached hydrogen (secondary N) is 1. The van der Waals surface area contributed by atoms with E-state index in [9.17, 15) is 18.0 Å². The lowest BCUT2D eigenvalue weighted by Crippen LogP contribution is -2.15. The van der Waals surface area contributed by atoms with Gasteiger partial charge in [-0.3, -0.25) is 4.79 Å². The van der Waals surface area contributed by atoms with Crippen LogP contribution in [0.3, 0.4) is 0 Å². The SMILES string of the molecule is C=CCCCCC.COC(=O)CNc1cc(Cl)cc(C(F)(F)F)c1. The van der Waals surface area contributed by atoms with Crippen LogP contribution in [0.1, 0.15) is 38.2 Å². The number of halogens is 4. The van der Waals surface area contributed by atoms with Crippen molar-refractivity contribution in [3.05, 3.63) is 41.4 Å². The summed E-state index contributed by atoms with van der Waals surface area (Å²) in [6, 6.07) is 2.97. The van der Waals surface area contributed by atoms with E-state index in [2.05, 4.69) is 23.6 Å². The molecule has 136 valence electrons. The van der Waals surface area contributed by atoms with E-state index in [-0.39, 0.29) is 17.3 Å². The molecule has 0 amide bonds. The van der Waals surface area contributed by atoms with Crippen molar-refractivity contribution in [2.45, 2.75) is 38.8 Å². The van der Waals surface area contributed by atoms with Gasteiger partial charge in [0.1, 0.15) is 6.54 Å². The van der Waals surface area contributed by atoms with Gasteiger partial charge in [0.25, 0.3) is 0 Å². The monoisotopic (exact) mass is 365 g/mol. The number of benzene rings is 1. The molecule has 3 nitrogen and oxygen atoms in total. The molecule has 0 saturated carbocycles. The summed E-state index contributed by atoms with van der Waals surface area (Å²) in [7, 11) is 1.18. The number of esters is 1. The first-order valence-corrected chi connectivity index (χ1v) is 7.91. The van der Waals surface area contributed by atoms with E-state index in [1.165, 1.54) is 38.9 Å². The molecule has 0 radical (unpaired) electrons. The molecule has 0 atom stereocenters. The van der Waals surface area contributed by atoms with Gasteiger partial charge >= 0.3 is 12.1 Å². The van der Waals surface area contributed by atoms with Crippen LogP contribution < -0.4 is 5.32 Å². The smallest absolute Gasteiger partial charge is 0.416 e. The Morgan fingerprint density at radius 2 is 2.00 bits per heavy atom. The first-order valence-electron chi connectivity index (χ1n) is 7.54. The maximum absolute atomic E-state index is 12.4. The van der Waals surface area contributed by atoms with E-state index < -0.39 is 17.7 Å². The lowest BCUT2D eigenvalue weighted by atomic mass is 10.2. The number of carbonyl (C=O) groups excluding carboxylic acids is 1. The number of hydrogen-bond acceptors (Lipinski definition) is 3. The Labute approximate surface area is 145 Å². The minimum atomic E-state index is -4.48. The molecule has 0 saturated heterocycles. The van der Waals surface area contributed by atoms with Gasteiger partial charge in [0.15, 0.2) is 0 Å². The van der Waals surface area contributed by atoms with Crippen LogP contribution in [-0.4, -0.2) is 19.6 Å². The average molecular weight is 366 g/mol. The lowest BCUT2D eigenvalue weighted by Gasteiger charge is -2.11. The van der Waals surface area contributed by atoms with Crippen LogP contribution in [0.2, 0.25) is 5.02 Å². The highest BCUT2D eigenvalue weighted by molar-refractivity contribution is 6.30. The molecule has 0 aliphatic heterocycles. The van der Waals surface area contributed by atoms with E-state index >= 15 is 0 Å². The van der Waals surface area contributed by atoms with Crippen molar-refractivity contribution in [1.82, 2.24) is 0 Å². The number of methoxy groups -OCH3 is 1. The number of anilines is 1. The van der Waals surface area contributed by atoms with Crippen molar-refractivity contribution in [2.24, 2.45) is 0 Å². The third-order valence-corrected chi connectivity index (χ3v) is 3.12. The van der Waals surface area contributed by atoms with Crippen molar-refractivity contribution in [3.63, 3.8) is 0 Å². The number of rotatable bonds is 7. The van der Waals surface area contributed by atoms with Crippen molar-refractivity contribution in [3.8, 4) is 0 Å². The van der Waals surface area contributed by atoms with Crippen LogP contribution >= 0.6 is 11.6 Å². The highest BCUT2D eigenvalue weighted by atomic mass is 35.5. The Morgan fingerprint density at radius 1 is 1.33 bits per heavy atom. The molecule has 0 unspecified atom stereocenters. The van der Waals surface area contributed by atoms with Crippen molar-refractivity contribution in [1.29, 1.82) is 0 Å². The zero-order valence-corrected chi connectivity index (χ0v) is 14.6. The van der Waals surface area contributed by atoms with Gasteiger partial charge < -0.3 is 10.1 Å². The van der Waals surface area contributed by atoms with Gasteiger partial charge in [-0.1, -0.05) is 37.4 Å². The number of alkyl halides is 3. The lowest BCUT2D eigenvalue weighted by molar-refractivity contribution is -0.138. The molecule has 24 heavy (non-hydrogen) atoms. The molecular weight excluding hydrogens is 343 g/mol. The second-order valence-electron chi connectivity index (χ2n) is 4.94. The van der Waals surface area contributed by atoms with E-state index in [1.54, 1.807) is 0 Å². The molecule has 1 N–H and O–H groups in total. The number of hydrogen-bond donors (Lipinski definition) is 1. The first kappa shape index (κ1) is 22.3. The molecule has 1 aromatic carbocycles. The maximum atomic E-state index is 12.4. The normalized spacial score (nSPS) is 10.4. The Morgan fingerprint density at radius 3 is 2.50 bits per heavy atom. The minimum absolute atomic E-state index is 0.0628. The Kier molecular flexibility index (Phi) is 11.0. The van der Waals surface area contributed by atoms with Crippen molar-refractivity contribution in [2.75, 3.05) is 19.0 Å². The van der Waals surface area contributed by atoms with E-state index in [0.717, 1.165) is 12.1 Å². The Balaban J connectivity index is 0.000000640. The van der Waals surface area contributed by atoms with E-state index in [4.69, 9.17) is 11.6 Å². The summed E-state index contributed by atoms with van der Waals surface area (Å²) in [4.78, 5) is 10.8. The topological polar surface area (TPSA) is 38.3 Å². The molecule has 0 spiro atoms. The first-order chi connectivity index (χ1) is 11.2. The minimum Gasteiger partial charge on any atom is -0.468 e. The largest absolute Gasteiger partial charge is 0.468 e. The van der Waals surface area contributed by atoms with Crippen LogP contribution in [0.25, 0.3) is 0 Å². The van der Waals surface area contributed by atoms with Gasteiger partial charge in [-0.05, 0) is 31.0 Å². The number of ether oxygens (including phenoxy) is 1. The Bertz CT molecular complexity index is 519. The number of allylic oxidation sites excluding steroid dienone is 1. The molecule has 7 heteroatoms. The van der Waals surface area contributed by atoms with Crippen LogP contribution in [0.5, 0.6) is 0 Å². The van der Waals surface area contributed by atoms with Gasteiger partial charge in [-0.15, -0.1) is 6.58 Å². The maximum Gasteiger partial charge on any atom is 0.416 e. The second-order valence-corrected chi connectivity index (χ2v) is 5.38. The summed E-state index contributed by atoms with van der Waals surface area (Å²) in [6.07, 6.45) is 2.68. The quantitative estimate of drug-likeness (QED) is 0.383. The van der Waals surface area contributed by atoms with Crippen molar-refractivity contribution < 1.29 is 22.7 Å². The number of unbranched alkanes of at least 4 members (excludes halogenated alkanes) is 3. The predicted octanol–water partition coefficient (Wildman–Crippen LogP) is 5.70. The molecular formula is C17H23ClF3NO2. The molecule has 0 fully saturated rings. The standard InChI is InChI=1S/C10H9ClF3NO2.C7H14/c1-17-9(16)5-15-8-3-6(10(12,13)14)2-7(11)4-8;1-3-5-7-6-4-2/h2-4,15H,5H2,1H3;3H,1,4-7H2,2H3. The van der Waals surface area contributed by atoms with Crippen LogP contribution in [0.4, 0.5) is 18.9 Å². The van der Waals surface area contributed by atoms with Gasteiger partial charge in [0, 0.05) is 10.7 Å². The molecule has 0 bridgehead atoms. The third kappa shape index (κ3) is 10.2. The zero-order valence-electron chi connectivity index (χ0n) is 13.9. The average Bonchev–Trinajstić information content (AvgIpc) is 2.52. The fourth-order valence-electron chi connectivity index (χ4n) is 1.64. The fraction of sp³-hybridized carbons (Fsp3) is 0.471. The number of carbonyl (C=O) groups is 1. The predicted molar refractivity (Wildman–Crippen MR) is 91.3 cm³/mol. The summed E-state index contributed by atoms with van der Waals surface area (Å²) in [5.41, 5.74) is -0.771. The van der Waals surface area contributed by atoms with Crippen LogP contribution in [0, 0.1) is 0 Å². The highest BCUT2D eigenvalue weighted by Gasteiger charge is 2.31. The van der Waals surface area contributed by atoms with E-state index in [0.29, 0.717) is 0 Å². The van der Waals surface area contributed by atoms with Crippen molar-refractivity contribution >= 4 is 23.3 Å². The summed E-state index contributed by atoms with van der Waals surface area (Å²) >= 11 is 5.55. The molecule has 0 aromatic heterocycles. The summed E-state index contributed by atoms with van der Waals surface area (Å²) in [6.45, 7) is 5.62. The molecule has 0 aliphatic rings. The molecule has 0 heterocycles. The second kappa shape index (κ2) is 11.8. The zero-order chi connectivity index (χ0) is 18.6. The van der Waals surface area contributed by atoms with Gasteiger partial charge in [0.05, 0.1) is 12.7 Å². The van der Waals surface area contributed by atoms with Gasteiger partial charge in [0.2, 0.25) is 0 Å². The van der Waals surface area contributed by atoms with Gasteiger partial charge in [-0.2, -0.15) is 13.2 Å². The third-order valence-electron chi connectivity index (χ3n) is 2.90. The Hall–Kier alpha value is -1.69. The fourth-order valence-corrected chi connectivity index (χ4v) is 1.88. The van der Waals surface area contributed by atoms with E-state index in [1.807, 2.05) is 6.08 Å². The van der Waals surface area contributed by atoms with Gasteiger partial charge in [-0.25, -0.2) is 0 Å². The molecule has 1 rings (SSSR count). The highest BCUT2D eigenvalue weighted by Crippen LogP contribution is 2.33. The summed E-state index contributed by atoms with van der Waals surface area (Å²) in [5, 5.41) is 2.43. The summed E-state index contributed by atoms with van der Waals surface area (Å²) < 4.78 is 41.6. The summed E-state index contributed by atoms with van der Waals surface area (Å²) in [5.74, 6) is -0.585. The molecule has 1 aromatic rings. The van der Waals surface area contributed by atoms with Crippen LogP contribution in [-0.2, 0) is 15.7 Å². The molecule has 0 aliphatic carbocycles. The van der Waals surface area contributed by atoms with Crippen LogP contribution in [0.15, 0.2) is 30.9 Å².